The fourth-order valence-corrected chi connectivity index (χ4v) is 5.87. The van der Waals surface area contributed by atoms with Crippen LogP contribution in [0.25, 0.3) is 15.2 Å². The van der Waals surface area contributed by atoms with Crippen LogP contribution >= 0.6 is 22.7 Å². The van der Waals surface area contributed by atoms with Crippen LogP contribution in [0.3, 0.4) is 0 Å². The Balaban J connectivity index is 1.86. The number of nitrogens with zero attached hydrogens (tertiary/aromatic N) is 4. The largest absolute Gasteiger partial charge is 0.334 e. The highest BCUT2D eigenvalue weighted by atomic mass is 32.1. The molecule has 0 saturated heterocycles. The second kappa shape index (κ2) is 5.23. The number of thiophene rings is 2. The van der Waals surface area contributed by atoms with Crippen LogP contribution in [0.1, 0.15) is 26.6 Å². The van der Waals surface area contributed by atoms with E-state index in [0.717, 1.165) is 35.3 Å². The SMILES string of the molecule is CN1CCc2c(sc3nc4n(c(=O)c23)-c2sccc2C(=O)N(C)C4)C1. The highest BCUT2D eigenvalue weighted by molar-refractivity contribution is 7.18. The maximum Gasteiger partial charge on any atom is 0.267 e. The van der Waals surface area contributed by atoms with Crippen LogP contribution in [-0.4, -0.2) is 45.9 Å². The van der Waals surface area contributed by atoms with Gasteiger partial charge in [0.15, 0.2) is 0 Å². The van der Waals surface area contributed by atoms with E-state index in [4.69, 9.17) is 4.98 Å². The molecule has 0 N–H and O–H groups in total. The van der Waals surface area contributed by atoms with Gasteiger partial charge in [-0.05, 0) is 30.5 Å². The normalized spacial score (nSPS) is 17.4. The predicted molar refractivity (Wildman–Crippen MR) is 98.9 cm³/mol. The van der Waals surface area contributed by atoms with Gasteiger partial charge in [-0.3, -0.25) is 14.2 Å². The third kappa shape index (κ3) is 2.08. The molecule has 0 bridgehead atoms. The fourth-order valence-electron chi connectivity index (χ4n) is 3.65. The van der Waals surface area contributed by atoms with Crippen molar-refractivity contribution in [2.75, 3.05) is 20.6 Å². The first-order valence-corrected chi connectivity index (χ1v) is 9.82. The van der Waals surface area contributed by atoms with Gasteiger partial charge in [-0.1, -0.05) is 0 Å². The molecule has 8 heteroatoms. The Labute approximate surface area is 151 Å². The lowest BCUT2D eigenvalue weighted by Crippen LogP contribution is -2.28. The summed E-state index contributed by atoms with van der Waals surface area (Å²) in [6.45, 7) is 2.16. The Kier molecular flexibility index (Phi) is 3.19. The molecule has 0 atom stereocenters. The highest BCUT2D eigenvalue weighted by Crippen LogP contribution is 2.34. The van der Waals surface area contributed by atoms with E-state index in [-0.39, 0.29) is 11.5 Å². The van der Waals surface area contributed by atoms with Gasteiger partial charge < -0.3 is 9.80 Å². The second-order valence-corrected chi connectivity index (χ2v) is 8.62. The Bertz CT molecular complexity index is 1090. The standard InChI is InChI=1S/C17H16N4O2S2/c1-19-5-3-9-11(7-19)25-14-13(9)16(23)21-12(18-14)8-20(2)15(22)10-4-6-24-17(10)21/h4,6H,3,5,7-8H2,1-2H3. The number of carbonyl (C=O) groups excluding carboxylic acids is 1. The number of rotatable bonds is 0. The summed E-state index contributed by atoms with van der Waals surface area (Å²) in [4.78, 5) is 36.7. The Morgan fingerprint density at radius 2 is 2.04 bits per heavy atom. The van der Waals surface area contributed by atoms with Crippen molar-refractivity contribution in [2.24, 2.45) is 0 Å². The van der Waals surface area contributed by atoms with Crippen molar-refractivity contribution < 1.29 is 4.79 Å². The van der Waals surface area contributed by atoms with Gasteiger partial charge in [0.2, 0.25) is 0 Å². The predicted octanol–water partition coefficient (Wildman–Crippen LogP) is 2.08. The van der Waals surface area contributed by atoms with E-state index >= 15 is 0 Å². The molecule has 1 amide bonds. The van der Waals surface area contributed by atoms with Gasteiger partial charge >= 0.3 is 0 Å². The number of aromatic nitrogens is 2. The maximum atomic E-state index is 13.4. The minimum atomic E-state index is -0.0619. The molecule has 3 aromatic heterocycles. The summed E-state index contributed by atoms with van der Waals surface area (Å²) in [5.41, 5.74) is 1.69. The average molecular weight is 372 g/mol. The molecule has 6 nitrogen and oxygen atoms in total. The monoisotopic (exact) mass is 372 g/mol. The summed E-state index contributed by atoms with van der Waals surface area (Å²) < 4.78 is 1.66. The average Bonchev–Trinajstić information content (AvgIpc) is 3.15. The molecule has 0 aliphatic carbocycles. The molecule has 0 aromatic carbocycles. The highest BCUT2D eigenvalue weighted by Gasteiger charge is 2.30. The number of fused-ring (bicyclic) bond motifs is 6. The molecule has 0 spiro atoms. The Hall–Kier alpha value is -2.03. The van der Waals surface area contributed by atoms with Gasteiger partial charge in [0.25, 0.3) is 11.5 Å². The van der Waals surface area contributed by atoms with Crippen LogP contribution in [0, 0.1) is 0 Å². The van der Waals surface area contributed by atoms with Crippen LogP contribution in [0.4, 0.5) is 0 Å². The third-order valence-corrected chi connectivity index (χ3v) is 6.95. The molecule has 0 saturated carbocycles. The van der Waals surface area contributed by atoms with E-state index in [1.54, 1.807) is 33.9 Å². The Morgan fingerprint density at radius 1 is 1.20 bits per heavy atom. The van der Waals surface area contributed by atoms with E-state index < -0.39 is 0 Å². The zero-order valence-corrected chi connectivity index (χ0v) is 15.5. The lowest BCUT2D eigenvalue weighted by atomic mass is 10.1. The molecule has 25 heavy (non-hydrogen) atoms. The molecule has 2 aliphatic heterocycles. The molecular weight excluding hydrogens is 356 g/mol. The lowest BCUT2D eigenvalue weighted by molar-refractivity contribution is 0.0786. The number of hydrogen-bond donors (Lipinski definition) is 0. The van der Waals surface area contributed by atoms with Gasteiger partial charge in [0, 0.05) is 25.0 Å². The van der Waals surface area contributed by atoms with E-state index in [1.165, 1.54) is 16.2 Å². The minimum Gasteiger partial charge on any atom is -0.334 e. The molecule has 128 valence electrons. The van der Waals surface area contributed by atoms with E-state index in [0.29, 0.717) is 22.9 Å². The van der Waals surface area contributed by atoms with Gasteiger partial charge in [0.05, 0.1) is 17.5 Å². The molecule has 0 fully saturated rings. The van der Waals surface area contributed by atoms with E-state index in [9.17, 15) is 9.59 Å². The van der Waals surface area contributed by atoms with Crippen molar-refractivity contribution in [3.05, 3.63) is 43.6 Å². The molecule has 5 rings (SSSR count). The van der Waals surface area contributed by atoms with Crippen LogP contribution < -0.4 is 5.56 Å². The summed E-state index contributed by atoms with van der Waals surface area (Å²) >= 11 is 3.04. The summed E-state index contributed by atoms with van der Waals surface area (Å²) in [6, 6.07) is 1.79. The smallest absolute Gasteiger partial charge is 0.267 e. The second-order valence-electron chi connectivity index (χ2n) is 6.64. The first kappa shape index (κ1) is 15.2. The van der Waals surface area contributed by atoms with Crippen molar-refractivity contribution in [1.82, 2.24) is 19.4 Å². The first-order valence-electron chi connectivity index (χ1n) is 8.12. The lowest BCUT2D eigenvalue weighted by Gasteiger charge is -2.21. The van der Waals surface area contributed by atoms with E-state index in [2.05, 4.69) is 11.9 Å². The minimum absolute atomic E-state index is 0.0335. The zero-order chi connectivity index (χ0) is 17.3. The van der Waals surface area contributed by atoms with Gasteiger partial charge in [0.1, 0.15) is 15.7 Å². The van der Waals surface area contributed by atoms with Crippen molar-refractivity contribution in [3.63, 3.8) is 0 Å². The number of amides is 1. The summed E-state index contributed by atoms with van der Waals surface area (Å²) in [7, 11) is 3.85. The first-order chi connectivity index (χ1) is 12.0. The molecule has 0 radical (unpaired) electrons. The van der Waals surface area contributed by atoms with Crippen molar-refractivity contribution >= 4 is 38.8 Å². The molecule has 0 unspecified atom stereocenters. The number of hydrogen-bond acceptors (Lipinski definition) is 6. The zero-order valence-electron chi connectivity index (χ0n) is 13.9. The topological polar surface area (TPSA) is 58.4 Å². The fraction of sp³-hybridized carbons (Fsp3) is 0.353. The van der Waals surface area contributed by atoms with Crippen LogP contribution in [0.15, 0.2) is 16.2 Å². The van der Waals surface area contributed by atoms with Crippen LogP contribution in [0.2, 0.25) is 0 Å². The van der Waals surface area contributed by atoms with Crippen molar-refractivity contribution in [1.29, 1.82) is 0 Å². The molecule has 5 heterocycles. The van der Waals surface area contributed by atoms with Crippen LogP contribution in [-0.2, 0) is 19.5 Å². The molecule has 2 aliphatic rings. The Morgan fingerprint density at radius 3 is 2.88 bits per heavy atom. The molecular formula is C17H16N4O2S2. The van der Waals surface area contributed by atoms with Gasteiger partial charge in [-0.15, -0.1) is 22.7 Å². The summed E-state index contributed by atoms with van der Waals surface area (Å²) in [5, 5.41) is 3.30. The van der Waals surface area contributed by atoms with Crippen LogP contribution in [0.5, 0.6) is 0 Å². The third-order valence-electron chi connectivity index (χ3n) is 4.94. The quantitative estimate of drug-likeness (QED) is 0.606. The van der Waals surface area contributed by atoms with Gasteiger partial charge in [-0.2, -0.15) is 0 Å². The van der Waals surface area contributed by atoms with Gasteiger partial charge in [-0.25, -0.2) is 4.98 Å². The number of likely N-dealkylation sites (N-methyl/N-ethyl adjacent to an activating group) is 1. The number of carbonyl (C=O) groups is 1. The summed E-state index contributed by atoms with van der Waals surface area (Å²) in [6.07, 6.45) is 0.873. The van der Waals surface area contributed by atoms with Crippen molar-refractivity contribution in [2.45, 2.75) is 19.5 Å². The van der Waals surface area contributed by atoms with E-state index in [1.807, 2.05) is 5.38 Å². The van der Waals surface area contributed by atoms with Crippen molar-refractivity contribution in [3.8, 4) is 5.00 Å². The molecule has 3 aromatic rings. The maximum absolute atomic E-state index is 13.4. The summed E-state index contributed by atoms with van der Waals surface area (Å²) in [5.74, 6) is 0.578.